The molecule has 0 aliphatic carbocycles. The van der Waals surface area contributed by atoms with E-state index in [9.17, 15) is 13.2 Å². The Bertz CT molecular complexity index is 995. The summed E-state index contributed by atoms with van der Waals surface area (Å²) in [5.41, 5.74) is 7.92. The molecular formula is C18H22N4O5S2. The number of hydrogen-bond acceptors (Lipinski definition) is 7. The SMILES string of the molecule is NC(=O)CCN(CCc1ccccc1S)S(=O)(=O)c1cccc(/C(=N/O)NO)c1. The second-order valence-electron chi connectivity index (χ2n) is 6.09. The van der Waals surface area contributed by atoms with Gasteiger partial charge in [0.2, 0.25) is 15.9 Å². The summed E-state index contributed by atoms with van der Waals surface area (Å²) in [7, 11) is -4.00. The van der Waals surface area contributed by atoms with Crippen LogP contribution in [0, 0.1) is 0 Å². The van der Waals surface area contributed by atoms with Crippen molar-refractivity contribution >= 4 is 34.4 Å². The second kappa shape index (κ2) is 10.3. The monoisotopic (exact) mass is 438 g/mol. The molecule has 5 N–H and O–H groups in total. The normalized spacial score (nSPS) is 12.2. The van der Waals surface area contributed by atoms with Gasteiger partial charge >= 0.3 is 0 Å². The number of hydrogen-bond donors (Lipinski definition) is 5. The number of carbonyl (C=O) groups is 1. The number of thiol groups is 1. The Kier molecular flexibility index (Phi) is 8.02. The Labute approximate surface area is 174 Å². The van der Waals surface area contributed by atoms with E-state index in [0.29, 0.717) is 6.42 Å². The predicted molar refractivity (Wildman–Crippen MR) is 110 cm³/mol. The summed E-state index contributed by atoms with van der Waals surface area (Å²) in [6.45, 7) is 0.0203. The van der Waals surface area contributed by atoms with Gasteiger partial charge in [-0.05, 0) is 30.2 Å². The number of sulfonamides is 1. The molecule has 9 nitrogen and oxygen atoms in total. The topological polar surface area (TPSA) is 145 Å². The number of carbonyl (C=O) groups excluding carboxylic acids is 1. The number of nitrogens with zero attached hydrogens (tertiary/aromatic N) is 2. The van der Waals surface area contributed by atoms with Gasteiger partial charge in [-0.1, -0.05) is 35.5 Å². The number of hydroxylamine groups is 1. The lowest BCUT2D eigenvalue weighted by molar-refractivity contribution is -0.118. The van der Waals surface area contributed by atoms with Crippen LogP contribution in [-0.4, -0.2) is 48.0 Å². The largest absolute Gasteiger partial charge is 0.409 e. The van der Waals surface area contributed by atoms with Crippen LogP contribution in [0.3, 0.4) is 0 Å². The first-order valence-electron chi connectivity index (χ1n) is 8.57. The molecule has 29 heavy (non-hydrogen) atoms. The highest BCUT2D eigenvalue weighted by Crippen LogP contribution is 2.20. The van der Waals surface area contributed by atoms with E-state index in [-0.39, 0.29) is 35.8 Å². The van der Waals surface area contributed by atoms with Gasteiger partial charge in [0.05, 0.1) is 4.90 Å². The van der Waals surface area contributed by atoms with Crippen LogP contribution in [0.25, 0.3) is 0 Å². The molecule has 0 spiro atoms. The fourth-order valence-corrected chi connectivity index (χ4v) is 4.41. The molecule has 2 aromatic carbocycles. The highest BCUT2D eigenvalue weighted by molar-refractivity contribution is 7.89. The molecule has 0 atom stereocenters. The summed E-state index contributed by atoms with van der Waals surface area (Å²) in [5, 5.41) is 20.8. The van der Waals surface area contributed by atoms with Crippen LogP contribution in [0.5, 0.6) is 0 Å². The zero-order chi connectivity index (χ0) is 21.4. The van der Waals surface area contributed by atoms with Gasteiger partial charge in [-0.2, -0.15) is 4.31 Å². The number of benzene rings is 2. The molecule has 0 saturated carbocycles. The summed E-state index contributed by atoms with van der Waals surface area (Å²) < 4.78 is 27.5. The predicted octanol–water partition coefficient (Wildman–Crippen LogP) is 1.20. The second-order valence-corrected chi connectivity index (χ2v) is 8.51. The van der Waals surface area contributed by atoms with E-state index >= 15 is 0 Å². The maximum Gasteiger partial charge on any atom is 0.243 e. The zero-order valence-electron chi connectivity index (χ0n) is 15.4. The van der Waals surface area contributed by atoms with Crippen molar-refractivity contribution in [1.29, 1.82) is 0 Å². The Balaban J connectivity index is 2.34. The lowest BCUT2D eigenvalue weighted by atomic mass is 10.1. The fourth-order valence-electron chi connectivity index (χ4n) is 2.65. The van der Waals surface area contributed by atoms with Crippen molar-refractivity contribution in [3.8, 4) is 0 Å². The third-order valence-electron chi connectivity index (χ3n) is 4.18. The average Bonchev–Trinajstić information content (AvgIpc) is 2.70. The van der Waals surface area contributed by atoms with Crippen molar-refractivity contribution in [2.24, 2.45) is 10.9 Å². The summed E-state index contributed by atoms with van der Waals surface area (Å²) >= 11 is 4.38. The number of amidine groups is 1. The van der Waals surface area contributed by atoms with E-state index in [1.54, 1.807) is 5.48 Å². The van der Waals surface area contributed by atoms with Crippen LogP contribution in [-0.2, 0) is 21.2 Å². The minimum absolute atomic E-state index is 0.0875. The summed E-state index contributed by atoms with van der Waals surface area (Å²) in [5.74, 6) is -0.928. The van der Waals surface area contributed by atoms with Gasteiger partial charge in [0.15, 0.2) is 5.84 Å². The molecule has 2 rings (SSSR count). The highest BCUT2D eigenvalue weighted by Gasteiger charge is 2.25. The molecule has 0 fully saturated rings. The molecule has 0 aliphatic heterocycles. The van der Waals surface area contributed by atoms with E-state index < -0.39 is 15.9 Å². The standard InChI is InChI=1S/C18H22N4O5S2/c19-17(23)9-11-22(10-8-13-4-1-2-7-16(13)28)29(26,27)15-6-3-5-14(12-15)18(20-24)21-25/h1-7,12,24-25,28H,8-11H2,(H2,19,23)(H,20,21). The molecular weight excluding hydrogens is 416 g/mol. The quantitative estimate of drug-likeness (QED) is 0.131. The number of primary amides is 1. The lowest BCUT2D eigenvalue weighted by Crippen LogP contribution is -2.36. The van der Waals surface area contributed by atoms with E-state index in [2.05, 4.69) is 17.8 Å². The van der Waals surface area contributed by atoms with Crippen LogP contribution in [0.1, 0.15) is 17.5 Å². The molecule has 156 valence electrons. The smallest absolute Gasteiger partial charge is 0.243 e. The molecule has 0 radical (unpaired) electrons. The molecule has 0 unspecified atom stereocenters. The average molecular weight is 439 g/mol. The van der Waals surface area contributed by atoms with Crippen molar-refractivity contribution in [1.82, 2.24) is 9.79 Å². The Morgan fingerprint density at radius 2 is 1.90 bits per heavy atom. The fraction of sp³-hybridized carbons (Fsp3) is 0.222. The first-order chi connectivity index (χ1) is 13.8. The van der Waals surface area contributed by atoms with Crippen LogP contribution in [0.15, 0.2) is 63.5 Å². The summed E-state index contributed by atoms with van der Waals surface area (Å²) in [6.07, 6.45) is 0.252. The number of rotatable bonds is 9. The van der Waals surface area contributed by atoms with Crippen molar-refractivity contribution in [2.75, 3.05) is 13.1 Å². The number of oxime groups is 1. The molecule has 0 heterocycles. The van der Waals surface area contributed by atoms with E-state index in [1.165, 1.54) is 28.6 Å². The number of nitrogens with two attached hydrogens (primary N) is 1. The van der Waals surface area contributed by atoms with Crippen molar-refractivity contribution in [3.05, 3.63) is 59.7 Å². The van der Waals surface area contributed by atoms with Gasteiger partial charge in [-0.25, -0.2) is 13.9 Å². The van der Waals surface area contributed by atoms with Crippen LogP contribution < -0.4 is 11.2 Å². The van der Waals surface area contributed by atoms with Gasteiger partial charge in [0.25, 0.3) is 0 Å². The molecule has 0 bridgehead atoms. The zero-order valence-corrected chi connectivity index (χ0v) is 17.1. The number of amides is 1. The summed E-state index contributed by atoms with van der Waals surface area (Å²) in [6, 6.07) is 12.8. The Hall–Kier alpha value is -2.60. The van der Waals surface area contributed by atoms with Gasteiger partial charge in [-0.15, -0.1) is 12.6 Å². The van der Waals surface area contributed by atoms with Crippen molar-refractivity contribution < 1.29 is 23.6 Å². The number of nitrogens with one attached hydrogen (secondary N) is 1. The van der Waals surface area contributed by atoms with Gasteiger partial charge in [0.1, 0.15) is 0 Å². The van der Waals surface area contributed by atoms with Crippen molar-refractivity contribution in [3.63, 3.8) is 0 Å². The minimum atomic E-state index is -4.00. The van der Waals surface area contributed by atoms with Gasteiger partial charge < -0.3 is 10.9 Å². The van der Waals surface area contributed by atoms with Crippen LogP contribution in [0.2, 0.25) is 0 Å². The first kappa shape index (κ1) is 22.7. The molecule has 0 aliphatic rings. The van der Waals surface area contributed by atoms with Crippen molar-refractivity contribution in [2.45, 2.75) is 22.6 Å². The third kappa shape index (κ3) is 5.94. The molecule has 2 aromatic rings. The highest BCUT2D eigenvalue weighted by atomic mass is 32.2. The Morgan fingerprint density at radius 1 is 1.17 bits per heavy atom. The lowest BCUT2D eigenvalue weighted by Gasteiger charge is -2.22. The molecule has 11 heteroatoms. The van der Waals surface area contributed by atoms with E-state index in [4.69, 9.17) is 16.1 Å². The molecule has 0 saturated heterocycles. The van der Waals surface area contributed by atoms with E-state index in [1.807, 2.05) is 24.3 Å². The van der Waals surface area contributed by atoms with Gasteiger partial charge in [0, 0.05) is 30.0 Å². The Morgan fingerprint density at radius 3 is 2.52 bits per heavy atom. The first-order valence-corrected chi connectivity index (χ1v) is 10.5. The minimum Gasteiger partial charge on any atom is -0.409 e. The molecule has 0 aromatic heterocycles. The third-order valence-corrected chi connectivity index (χ3v) is 6.51. The maximum absolute atomic E-state index is 13.2. The van der Waals surface area contributed by atoms with Gasteiger partial charge in [-0.3, -0.25) is 10.0 Å². The van der Waals surface area contributed by atoms with E-state index in [0.717, 1.165) is 10.5 Å². The van der Waals surface area contributed by atoms with Crippen LogP contribution >= 0.6 is 12.6 Å². The molecule has 1 amide bonds. The maximum atomic E-state index is 13.2. The van der Waals surface area contributed by atoms with Crippen LogP contribution in [0.4, 0.5) is 0 Å². The summed E-state index contributed by atoms with van der Waals surface area (Å²) in [4.78, 5) is 11.9.